The number of aromatic carboxylic acids is 1. The molecule has 8 nitrogen and oxygen atoms in total. The van der Waals surface area contributed by atoms with Crippen molar-refractivity contribution in [3.63, 3.8) is 0 Å². The Morgan fingerprint density at radius 1 is 1.47 bits per heavy atom. The lowest BCUT2D eigenvalue weighted by Crippen LogP contribution is -2.10. The predicted molar refractivity (Wildman–Crippen MR) is 55.5 cm³/mol. The van der Waals surface area contributed by atoms with Crippen LogP contribution in [0.25, 0.3) is 0 Å². The maximum absolute atomic E-state index is 10.7. The summed E-state index contributed by atoms with van der Waals surface area (Å²) in [4.78, 5) is 22.2. The van der Waals surface area contributed by atoms with Gasteiger partial charge in [0.05, 0.1) is 0 Å². The van der Waals surface area contributed by atoms with Crippen LogP contribution in [0.3, 0.4) is 0 Å². The van der Waals surface area contributed by atoms with Crippen LogP contribution >= 0.6 is 0 Å². The van der Waals surface area contributed by atoms with Crippen molar-refractivity contribution in [2.75, 3.05) is 11.9 Å². The average Bonchev–Trinajstić information content (AvgIpc) is 2.82. The third kappa shape index (κ3) is 2.97. The number of anilines is 1. The molecule has 0 radical (unpaired) electrons. The Morgan fingerprint density at radius 2 is 2.35 bits per heavy atom. The minimum Gasteiger partial charge on any atom is -0.477 e. The Balaban J connectivity index is 1.90. The summed E-state index contributed by atoms with van der Waals surface area (Å²) in [6, 6.07) is 1.32. The van der Waals surface area contributed by atoms with E-state index in [4.69, 9.17) is 9.63 Å². The van der Waals surface area contributed by atoms with Gasteiger partial charge in [-0.05, 0) is 6.07 Å². The molecule has 0 aliphatic carbocycles. The molecule has 0 amide bonds. The standard InChI is InChI=1S/C9H9N5O3/c15-8(16)6-1-3-10-9(14-6)11-4-2-7-12-5-13-17-7/h1,3,5H,2,4H2,(H,15,16)(H,10,11,14). The maximum atomic E-state index is 10.7. The van der Waals surface area contributed by atoms with E-state index in [0.29, 0.717) is 18.9 Å². The highest BCUT2D eigenvalue weighted by Crippen LogP contribution is 2.01. The normalized spacial score (nSPS) is 10.1. The van der Waals surface area contributed by atoms with Gasteiger partial charge in [-0.1, -0.05) is 5.16 Å². The summed E-state index contributed by atoms with van der Waals surface area (Å²) in [7, 11) is 0. The second-order valence-electron chi connectivity index (χ2n) is 3.08. The van der Waals surface area contributed by atoms with Crippen molar-refractivity contribution >= 4 is 11.9 Å². The lowest BCUT2D eigenvalue weighted by molar-refractivity contribution is 0.0690. The van der Waals surface area contributed by atoms with E-state index in [1.807, 2.05) is 0 Å². The third-order valence-corrected chi connectivity index (χ3v) is 1.90. The van der Waals surface area contributed by atoms with Crippen LogP contribution in [-0.4, -0.2) is 37.7 Å². The summed E-state index contributed by atoms with van der Waals surface area (Å²) in [6.07, 6.45) is 3.21. The lowest BCUT2D eigenvalue weighted by Gasteiger charge is -2.02. The van der Waals surface area contributed by atoms with E-state index in [0.717, 1.165) is 0 Å². The molecule has 0 aliphatic rings. The smallest absolute Gasteiger partial charge is 0.354 e. The quantitative estimate of drug-likeness (QED) is 0.755. The van der Waals surface area contributed by atoms with E-state index in [1.54, 1.807) is 0 Å². The first-order chi connectivity index (χ1) is 8.25. The van der Waals surface area contributed by atoms with Gasteiger partial charge in [0.1, 0.15) is 0 Å². The number of carboxylic acid groups (broad SMARTS) is 1. The SMILES string of the molecule is O=C(O)c1ccnc(NCCc2ncno2)n1. The molecule has 0 fully saturated rings. The monoisotopic (exact) mass is 235 g/mol. The molecule has 88 valence electrons. The van der Waals surface area contributed by atoms with Crippen LogP contribution in [-0.2, 0) is 6.42 Å². The molecular weight excluding hydrogens is 226 g/mol. The van der Waals surface area contributed by atoms with Crippen LogP contribution < -0.4 is 5.32 Å². The highest BCUT2D eigenvalue weighted by atomic mass is 16.5. The van der Waals surface area contributed by atoms with Crippen LogP contribution in [0.1, 0.15) is 16.4 Å². The lowest BCUT2D eigenvalue weighted by atomic mass is 10.4. The second-order valence-corrected chi connectivity index (χ2v) is 3.08. The Morgan fingerprint density at radius 3 is 3.06 bits per heavy atom. The largest absolute Gasteiger partial charge is 0.477 e. The zero-order chi connectivity index (χ0) is 12.1. The number of nitrogens with one attached hydrogen (secondary N) is 1. The molecule has 0 saturated heterocycles. The van der Waals surface area contributed by atoms with Gasteiger partial charge in [-0.2, -0.15) is 4.98 Å². The minimum absolute atomic E-state index is 0.0553. The van der Waals surface area contributed by atoms with Gasteiger partial charge in [-0.15, -0.1) is 0 Å². The summed E-state index contributed by atoms with van der Waals surface area (Å²) in [5, 5.41) is 15.1. The van der Waals surface area contributed by atoms with Crippen molar-refractivity contribution in [1.29, 1.82) is 0 Å². The first kappa shape index (κ1) is 11.0. The molecule has 2 heterocycles. The number of hydrogen-bond acceptors (Lipinski definition) is 7. The molecule has 0 bridgehead atoms. The topological polar surface area (TPSA) is 114 Å². The second kappa shape index (κ2) is 5.01. The van der Waals surface area contributed by atoms with Crippen molar-refractivity contribution in [2.45, 2.75) is 6.42 Å². The Hall–Kier alpha value is -2.51. The molecular formula is C9H9N5O3. The number of carbonyl (C=O) groups is 1. The number of carboxylic acids is 1. The van der Waals surface area contributed by atoms with Gasteiger partial charge < -0.3 is 14.9 Å². The molecule has 17 heavy (non-hydrogen) atoms. The van der Waals surface area contributed by atoms with E-state index >= 15 is 0 Å². The molecule has 0 spiro atoms. The van der Waals surface area contributed by atoms with Crippen molar-refractivity contribution in [1.82, 2.24) is 20.1 Å². The zero-order valence-electron chi connectivity index (χ0n) is 8.70. The van der Waals surface area contributed by atoms with Crippen molar-refractivity contribution in [2.24, 2.45) is 0 Å². The summed E-state index contributed by atoms with van der Waals surface area (Å²) < 4.78 is 4.80. The van der Waals surface area contributed by atoms with Gasteiger partial charge in [-0.25, -0.2) is 14.8 Å². The minimum atomic E-state index is -1.09. The average molecular weight is 235 g/mol. The van der Waals surface area contributed by atoms with E-state index in [-0.39, 0.29) is 11.6 Å². The van der Waals surface area contributed by atoms with Crippen LogP contribution in [0.2, 0.25) is 0 Å². The van der Waals surface area contributed by atoms with Gasteiger partial charge in [0.15, 0.2) is 12.0 Å². The van der Waals surface area contributed by atoms with E-state index in [9.17, 15) is 4.79 Å². The fraction of sp³-hybridized carbons (Fsp3) is 0.222. The van der Waals surface area contributed by atoms with Crippen LogP contribution in [0.5, 0.6) is 0 Å². The molecule has 0 aromatic carbocycles. The summed E-state index contributed by atoms with van der Waals surface area (Å²) in [5.41, 5.74) is -0.0553. The van der Waals surface area contributed by atoms with Crippen LogP contribution in [0.4, 0.5) is 5.95 Å². The van der Waals surface area contributed by atoms with Crippen LogP contribution in [0.15, 0.2) is 23.1 Å². The number of rotatable bonds is 5. The highest BCUT2D eigenvalue weighted by Gasteiger charge is 2.06. The zero-order valence-corrected chi connectivity index (χ0v) is 8.70. The molecule has 2 rings (SSSR count). The molecule has 0 aliphatic heterocycles. The first-order valence-electron chi connectivity index (χ1n) is 4.81. The Kier molecular flexibility index (Phi) is 3.24. The van der Waals surface area contributed by atoms with Crippen molar-refractivity contribution in [3.05, 3.63) is 30.2 Å². The predicted octanol–water partition coefficient (Wildman–Crippen LogP) is 0.212. The molecule has 8 heteroatoms. The van der Waals surface area contributed by atoms with Gasteiger partial charge in [0, 0.05) is 19.2 Å². The summed E-state index contributed by atoms with van der Waals surface area (Å²) in [5.74, 6) is -0.344. The fourth-order valence-electron chi connectivity index (χ4n) is 1.15. The van der Waals surface area contributed by atoms with Gasteiger partial charge >= 0.3 is 5.97 Å². The van der Waals surface area contributed by atoms with E-state index in [2.05, 4.69) is 25.4 Å². The van der Waals surface area contributed by atoms with Gasteiger partial charge in [0.2, 0.25) is 11.8 Å². The molecule has 0 atom stereocenters. The van der Waals surface area contributed by atoms with E-state index < -0.39 is 5.97 Å². The number of hydrogen-bond donors (Lipinski definition) is 2. The summed E-state index contributed by atoms with van der Waals surface area (Å²) >= 11 is 0. The summed E-state index contributed by atoms with van der Waals surface area (Å²) in [6.45, 7) is 0.477. The van der Waals surface area contributed by atoms with Crippen molar-refractivity contribution < 1.29 is 14.4 Å². The molecule has 0 saturated carbocycles. The Labute approximate surface area is 95.7 Å². The van der Waals surface area contributed by atoms with E-state index in [1.165, 1.54) is 18.6 Å². The third-order valence-electron chi connectivity index (χ3n) is 1.90. The maximum Gasteiger partial charge on any atom is 0.354 e. The number of aromatic nitrogens is 4. The fourth-order valence-corrected chi connectivity index (χ4v) is 1.15. The van der Waals surface area contributed by atoms with Crippen molar-refractivity contribution in [3.8, 4) is 0 Å². The number of nitrogens with zero attached hydrogens (tertiary/aromatic N) is 4. The van der Waals surface area contributed by atoms with Gasteiger partial charge in [-0.3, -0.25) is 0 Å². The molecule has 0 unspecified atom stereocenters. The Bertz CT molecular complexity index is 499. The first-order valence-corrected chi connectivity index (χ1v) is 4.81. The van der Waals surface area contributed by atoms with Gasteiger partial charge in [0.25, 0.3) is 0 Å². The molecule has 2 N–H and O–H groups in total. The molecule has 2 aromatic heterocycles. The van der Waals surface area contributed by atoms with Crippen LogP contribution in [0, 0.1) is 0 Å². The highest BCUT2D eigenvalue weighted by molar-refractivity contribution is 5.85. The molecule has 2 aromatic rings.